The van der Waals surface area contributed by atoms with Gasteiger partial charge in [0.2, 0.25) is 0 Å². The van der Waals surface area contributed by atoms with E-state index in [9.17, 15) is 0 Å². The van der Waals surface area contributed by atoms with Gasteiger partial charge in [-0.2, -0.15) is 0 Å². The molecule has 0 N–H and O–H groups in total. The molecule has 0 spiro atoms. The molecular weight excluding hydrogens is 188 g/mol. The zero-order chi connectivity index (χ0) is 11.7. The zero-order valence-corrected chi connectivity index (χ0v) is 10.3. The van der Waals surface area contributed by atoms with Crippen molar-refractivity contribution in [1.82, 2.24) is 0 Å². The highest BCUT2D eigenvalue weighted by Gasteiger charge is 2.03. The van der Waals surface area contributed by atoms with Crippen LogP contribution in [0.25, 0.3) is 0 Å². The summed E-state index contributed by atoms with van der Waals surface area (Å²) < 4.78 is 5.50. The average Bonchev–Trinajstić information content (AvgIpc) is 2.14. The van der Waals surface area contributed by atoms with Gasteiger partial charge in [0.25, 0.3) is 0 Å². The summed E-state index contributed by atoms with van der Waals surface area (Å²) >= 11 is 0. The molecule has 86 valence electrons. The Morgan fingerprint density at radius 2 is 2.20 bits per heavy atom. The third-order valence-corrected chi connectivity index (χ3v) is 1.80. The molecule has 0 aliphatic rings. The Kier molecular flexibility index (Phi) is 7.60. The fourth-order valence-corrected chi connectivity index (χ4v) is 1.17. The van der Waals surface area contributed by atoms with Crippen molar-refractivity contribution in [2.24, 2.45) is 15.9 Å². The van der Waals surface area contributed by atoms with Crippen LogP contribution in [-0.4, -0.2) is 18.8 Å². The molecular formula is C12H22N2O. The van der Waals surface area contributed by atoms with Crippen LogP contribution >= 0.6 is 0 Å². The van der Waals surface area contributed by atoms with Crippen LogP contribution in [0.2, 0.25) is 0 Å². The van der Waals surface area contributed by atoms with Gasteiger partial charge >= 0.3 is 6.02 Å². The van der Waals surface area contributed by atoms with Gasteiger partial charge in [0.15, 0.2) is 0 Å². The second-order valence-electron chi connectivity index (χ2n) is 3.72. The standard InChI is InChI=1S/C12H22N2O/c1-6-8-11(5)9-15-12(13-7-2)14-10(3)4/h7,11H,3,6,8-9H2,1-2,4-5H3. The molecule has 0 amide bonds. The molecule has 0 fully saturated rings. The topological polar surface area (TPSA) is 34.0 Å². The smallest absolute Gasteiger partial charge is 0.316 e. The molecule has 1 atom stereocenters. The van der Waals surface area contributed by atoms with Crippen LogP contribution in [0.15, 0.2) is 22.3 Å². The predicted octanol–water partition coefficient (Wildman–Crippen LogP) is 3.42. The second-order valence-corrected chi connectivity index (χ2v) is 3.72. The predicted molar refractivity (Wildman–Crippen MR) is 66.4 cm³/mol. The summed E-state index contributed by atoms with van der Waals surface area (Å²) in [6.45, 7) is 12.4. The van der Waals surface area contributed by atoms with E-state index >= 15 is 0 Å². The minimum atomic E-state index is 0.410. The molecule has 0 aliphatic heterocycles. The molecule has 0 bridgehead atoms. The number of aliphatic imine (C=N–C) groups is 2. The van der Waals surface area contributed by atoms with Crippen LogP contribution in [-0.2, 0) is 4.74 Å². The van der Waals surface area contributed by atoms with E-state index in [4.69, 9.17) is 4.74 Å². The highest BCUT2D eigenvalue weighted by atomic mass is 16.5. The molecule has 0 aromatic carbocycles. The van der Waals surface area contributed by atoms with Crippen molar-refractivity contribution in [1.29, 1.82) is 0 Å². The normalized spacial score (nSPS) is 14.3. The van der Waals surface area contributed by atoms with Crippen molar-refractivity contribution >= 4 is 12.2 Å². The Labute approximate surface area is 93.0 Å². The van der Waals surface area contributed by atoms with Crippen LogP contribution in [0.1, 0.15) is 40.5 Å². The lowest BCUT2D eigenvalue weighted by molar-refractivity contribution is 0.236. The summed E-state index contributed by atoms with van der Waals surface area (Å²) in [5.74, 6) is 0.539. The van der Waals surface area contributed by atoms with Crippen LogP contribution in [0.5, 0.6) is 0 Å². The van der Waals surface area contributed by atoms with Crippen molar-refractivity contribution in [2.75, 3.05) is 6.61 Å². The summed E-state index contributed by atoms with van der Waals surface area (Å²) in [4.78, 5) is 8.14. The van der Waals surface area contributed by atoms with Gasteiger partial charge in [-0.3, -0.25) is 0 Å². The number of hydrogen-bond donors (Lipinski definition) is 0. The van der Waals surface area contributed by atoms with Gasteiger partial charge in [0.05, 0.1) is 6.61 Å². The van der Waals surface area contributed by atoms with Gasteiger partial charge in [-0.05, 0) is 26.2 Å². The molecule has 0 radical (unpaired) electrons. The first-order valence-electron chi connectivity index (χ1n) is 5.45. The Balaban J connectivity index is 4.13. The molecule has 0 saturated heterocycles. The van der Waals surface area contributed by atoms with Crippen LogP contribution in [0.4, 0.5) is 0 Å². The number of ether oxygens (including phenoxy) is 1. The Morgan fingerprint density at radius 3 is 2.67 bits per heavy atom. The number of rotatable bonds is 5. The van der Waals surface area contributed by atoms with Crippen LogP contribution in [0.3, 0.4) is 0 Å². The SMILES string of the molecule is C=C(C)N=C(N=CC)OCC(C)CCC. The van der Waals surface area contributed by atoms with E-state index in [1.165, 1.54) is 6.42 Å². The van der Waals surface area contributed by atoms with E-state index in [0.717, 1.165) is 6.42 Å². The first kappa shape index (κ1) is 13.9. The van der Waals surface area contributed by atoms with Crippen molar-refractivity contribution in [3.8, 4) is 0 Å². The number of allylic oxidation sites excluding steroid dienone is 1. The minimum Gasteiger partial charge on any atom is -0.463 e. The first-order valence-corrected chi connectivity index (χ1v) is 5.45. The minimum absolute atomic E-state index is 0.410. The van der Waals surface area contributed by atoms with Crippen LogP contribution in [0, 0.1) is 5.92 Å². The molecule has 0 rings (SSSR count). The summed E-state index contributed by atoms with van der Waals surface area (Å²) in [6.07, 6.45) is 4.01. The lowest BCUT2D eigenvalue weighted by Crippen LogP contribution is -2.10. The Morgan fingerprint density at radius 1 is 1.53 bits per heavy atom. The number of hydrogen-bond acceptors (Lipinski definition) is 2. The first-order chi connectivity index (χ1) is 7.10. The largest absolute Gasteiger partial charge is 0.463 e. The van der Waals surface area contributed by atoms with E-state index in [1.807, 2.05) is 13.8 Å². The van der Waals surface area contributed by atoms with Gasteiger partial charge in [-0.15, -0.1) is 0 Å². The van der Waals surface area contributed by atoms with E-state index in [1.54, 1.807) is 6.21 Å². The van der Waals surface area contributed by atoms with Gasteiger partial charge in [-0.25, -0.2) is 9.98 Å². The van der Waals surface area contributed by atoms with Gasteiger partial charge in [0.1, 0.15) is 0 Å². The fourth-order valence-electron chi connectivity index (χ4n) is 1.17. The molecule has 0 aromatic rings. The van der Waals surface area contributed by atoms with Crippen LogP contribution < -0.4 is 0 Å². The summed E-state index contributed by atoms with van der Waals surface area (Å²) in [5.41, 5.74) is 0.707. The molecule has 0 aliphatic carbocycles. The van der Waals surface area contributed by atoms with Crippen molar-refractivity contribution in [2.45, 2.75) is 40.5 Å². The van der Waals surface area contributed by atoms with Gasteiger partial charge in [-0.1, -0.05) is 26.8 Å². The van der Waals surface area contributed by atoms with E-state index in [0.29, 0.717) is 24.2 Å². The molecule has 3 heteroatoms. The monoisotopic (exact) mass is 210 g/mol. The lowest BCUT2D eigenvalue weighted by Gasteiger charge is -2.10. The maximum absolute atomic E-state index is 5.50. The Bertz CT molecular complexity index is 244. The van der Waals surface area contributed by atoms with Crippen molar-refractivity contribution in [3.63, 3.8) is 0 Å². The van der Waals surface area contributed by atoms with Gasteiger partial charge < -0.3 is 4.74 Å². The zero-order valence-electron chi connectivity index (χ0n) is 10.3. The fraction of sp³-hybridized carbons (Fsp3) is 0.667. The highest BCUT2D eigenvalue weighted by Crippen LogP contribution is 2.06. The maximum Gasteiger partial charge on any atom is 0.316 e. The quantitative estimate of drug-likeness (QED) is 0.505. The third-order valence-electron chi connectivity index (χ3n) is 1.80. The highest BCUT2D eigenvalue weighted by molar-refractivity contribution is 5.83. The second kappa shape index (κ2) is 8.21. The van der Waals surface area contributed by atoms with Crippen molar-refractivity contribution < 1.29 is 4.74 Å². The molecule has 3 nitrogen and oxygen atoms in total. The molecule has 0 heterocycles. The summed E-state index contributed by atoms with van der Waals surface area (Å²) in [5, 5.41) is 0. The third kappa shape index (κ3) is 7.91. The maximum atomic E-state index is 5.50. The number of amidine groups is 1. The van der Waals surface area contributed by atoms with Crippen molar-refractivity contribution in [3.05, 3.63) is 12.3 Å². The van der Waals surface area contributed by atoms with E-state index in [2.05, 4.69) is 30.4 Å². The number of nitrogens with zero attached hydrogens (tertiary/aromatic N) is 2. The molecule has 0 saturated carbocycles. The molecule has 1 unspecified atom stereocenters. The summed E-state index contributed by atoms with van der Waals surface area (Å²) in [7, 11) is 0. The lowest BCUT2D eigenvalue weighted by atomic mass is 10.1. The van der Waals surface area contributed by atoms with E-state index < -0.39 is 0 Å². The Hall–Kier alpha value is -1.12. The average molecular weight is 210 g/mol. The van der Waals surface area contributed by atoms with Gasteiger partial charge in [0, 0.05) is 11.9 Å². The summed E-state index contributed by atoms with van der Waals surface area (Å²) in [6, 6.07) is 0.410. The molecule has 15 heavy (non-hydrogen) atoms. The molecule has 0 aromatic heterocycles. The van der Waals surface area contributed by atoms with E-state index in [-0.39, 0.29) is 0 Å².